The Morgan fingerprint density at radius 2 is 1.87 bits per heavy atom. The molecule has 3 atom stereocenters. The second-order valence-electron chi connectivity index (χ2n) is 5.54. The quantitative estimate of drug-likeness (QED) is 0.776. The molecule has 0 aromatic rings. The Labute approximate surface area is 95.2 Å². The van der Waals surface area contributed by atoms with Crippen LogP contribution in [0.3, 0.4) is 0 Å². The molecule has 0 heterocycles. The lowest BCUT2D eigenvalue weighted by Gasteiger charge is -2.41. The molecule has 0 aliphatic heterocycles. The molecule has 90 valence electrons. The van der Waals surface area contributed by atoms with E-state index in [9.17, 15) is 0 Å². The van der Waals surface area contributed by atoms with Gasteiger partial charge in [0.25, 0.3) is 0 Å². The minimum atomic E-state index is 0.638. The van der Waals surface area contributed by atoms with E-state index < -0.39 is 0 Å². The molecule has 1 rings (SSSR count). The van der Waals surface area contributed by atoms with Crippen LogP contribution in [0.1, 0.15) is 47.0 Å². The van der Waals surface area contributed by atoms with Gasteiger partial charge in [-0.25, -0.2) is 0 Å². The molecule has 0 aromatic heterocycles. The third kappa shape index (κ3) is 3.46. The van der Waals surface area contributed by atoms with Gasteiger partial charge in [-0.05, 0) is 44.9 Å². The van der Waals surface area contributed by atoms with Crippen LogP contribution in [0.15, 0.2) is 0 Å². The second kappa shape index (κ2) is 5.86. The fraction of sp³-hybridized carbons (Fsp3) is 1.00. The van der Waals surface area contributed by atoms with Gasteiger partial charge in [0.15, 0.2) is 0 Å². The molecule has 2 nitrogen and oxygen atoms in total. The standard InChI is InChI=1S/C13H28N2/c1-10(2)15(8-7-14)13-6-5-11(3)12(4)9-13/h10-13H,5-9,14H2,1-4H3. The van der Waals surface area contributed by atoms with Gasteiger partial charge in [-0.15, -0.1) is 0 Å². The molecular formula is C13H28N2. The van der Waals surface area contributed by atoms with Crippen LogP contribution in [0, 0.1) is 11.8 Å². The Hall–Kier alpha value is -0.0800. The summed E-state index contributed by atoms with van der Waals surface area (Å²) in [6.07, 6.45) is 4.11. The molecule has 0 spiro atoms. The molecule has 1 aliphatic carbocycles. The van der Waals surface area contributed by atoms with Crippen LogP contribution in [-0.4, -0.2) is 30.1 Å². The first kappa shape index (κ1) is 13.0. The highest BCUT2D eigenvalue weighted by molar-refractivity contribution is 4.83. The summed E-state index contributed by atoms with van der Waals surface area (Å²) in [5.41, 5.74) is 5.69. The molecule has 2 heteroatoms. The van der Waals surface area contributed by atoms with Gasteiger partial charge in [-0.2, -0.15) is 0 Å². The molecule has 0 aromatic carbocycles. The Bertz CT molecular complexity index is 179. The third-order valence-electron chi connectivity index (χ3n) is 4.09. The monoisotopic (exact) mass is 212 g/mol. The minimum Gasteiger partial charge on any atom is -0.329 e. The van der Waals surface area contributed by atoms with Crippen LogP contribution >= 0.6 is 0 Å². The van der Waals surface area contributed by atoms with E-state index in [1.54, 1.807) is 0 Å². The average Bonchev–Trinajstić information content (AvgIpc) is 2.18. The van der Waals surface area contributed by atoms with E-state index in [1.165, 1.54) is 19.3 Å². The molecule has 1 aliphatic rings. The van der Waals surface area contributed by atoms with E-state index in [4.69, 9.17) is 5.73 Å². The SMILES string of the molecule is CC1CCC(N(CCN)C(C)C)CC1C. The molecule has 15 heavy (non-hydrogen) atoms. The summed E-state index contributed by atoms with van der Waals surface area (Å²) in [6, 6.07) is 1.42. The number of nitrogens with two attached hydrogens (primary N) is 1. The van der Waals surface area contributed by atoms with Gasteiger partial charge < -0.3 is 5.73 Å². The van der Waals surface area contributed by atoms with Gasteiger partial charge in [0.1, 0.15) is 0 Å². The van der Waals surface area contributed by atoms with Crippen LogP contribution in [0.25, 0.3) is 0 Å². The lowest BCUT2D eigenvalue weighted by Crippen LogP contribution is -2.46. The normalized spacial score (nSPS) is 32.6. The molecule has 2 N–H and O–H groups in total. The van der Waals surface area contributed by atoms with Crippen molar-refractivity contribution in [1.29, 1.82) is 0 Å². The van der Waals surface area contributed by atoms with Gasteiger partial charge in [0, 0.05) is 25.2 Å². The van der Waals surface area contributed by atoms with Crippen molar-refractivity contribution in [2.45, 2.75) is 59.0 Å². The predicted molar refractivity (Wildman–Crippen MR) is 66.9 cm³/mol. The maximum Gasteiger partial charge on any atom is 0.0110 e. The van der Waals surface area contributed by atoms with Gasteiger partial charge in [0.2, 0.25) is 0 Å². The highest BCUT2D eigenvalue weighted by Gasteiger charge is 2.29. The highest BCUT2D eigenvalue weighted by Crippen LogP contribution is 2.32. The fourth-order valence-electron chi connectivity index (χ4n) is 2.83. The summed E-state index contributed by atoms with van der Waals surface area (Å²) in [5.74, 6) is 1.79. The van der Waals surface area contributed by atoms with E-state index in [0.717, 1.165) is 31.0 Å². The molecule has 0 saturated heterocycles. The van der Waals surface area contributed by atoms with Crippen molar-refractivity contribution in [3.63, 3.8) is 0 Å². The van der Waals surface area contributed by atoms with Crippen LogP contribution in [0.4, 0.5) is 0 Å². The topological polar surface area (TPSA) is 29.3 Å². The molecule has 0 bridgehead atoms. The predicted octanol–water partition coefficient (Wildman–Crippen LogP) is 2.48. The second-order valence-corrected chi connectivity index (χ2v) is 5.54. The lowest BCUT2D eigenvalue weighted by atomic mass is 9.78. The number of hydrogen-bond donors (Lipinski definition) is 1. The number of nitrogens with zero attached hydrogens (tertiary/aromatic N) is 1. The van der Waals surface area contributed by atoms with Crippen LogP contribution in [-0.2, 0) is 0 Å². The van der Waals surface area contributed by atoms with Crippen molar-refractivity contribution in [2.75, 3.05) is 13.1 Å². The fourth-order valence-corrected chi connectivity index (χ4v) is 2.83. The average molecular weight is 212 g/mol. The van der Waals surface area contributed by atoms with E-state index in [-0.39, 0.29) is 0 Å². The summed E-state index contributed by atoms with van der Waals surface area (Å²) in [7, 11) is 0. The molecule has 3 unspecified atom stereocenters. The van der Waals surface area contributed by atoms with Gasteiger partial charge in [-0.1, -0.05) is 13.8 Å². The first-order valence-corrected chi connectivity index (χ1v) is 6.52. The molecular weight excluding hydrogens is 184 g/mol. The summed E-state index contributed by atoms with van der Waals surface area (Å²) >= 11 is 0. The highest BCUT2D eigenvalue weighted by atomic mass is 15.2. The summed E-state index contributed by atoms with van der Waals surface area (Å²) < 4.78 is 0. The Morgan fingerprint density at radius 3 is 2.33 bits per heavy atom. The Morgan fingerprint density at radius 1 is 1.20 bits per heavy atom. The van der Waals surface area contributed by atoms with Gasteiger partial charge in [0.05, 0.1) is 0 Å². The van der Waals surface area contributed by atoms with E-state index >= 15 is 0 Å². The smallest absolute Gasteiger partial charge is 0.0110 e. The zero-order valence-electron chi connectivity index (χ0n) is 10.9. The minimum absolute atomic E-state index is 0.638. The molecule has 1 fully saturated rings. The van der Waals surface area contributed by atoms with Crippen LogP contribution in [0.5, 0.6) is 0 Å². The molecule has 0 amide bonds. The third-order valence-corrected chi connectivity index (χ3v) is 4.09. The molecule has 0 radical (unpaired) electrons. The number of hydrogen-bond acceptors (Lipinski definition) is 2. The molecule has 1 saturated carbocycles. The lowest BCUT2D eigenvalue weighted by molar-refractivity contribution is 0.0861. The Balaban J connectivity index is 2.53. The maximum absolute atomic E-state index is 5.69. The van der Waals surface area contributed by atoms with E-state index in [0.29, 0.717) is 6.04 Å². The maximum atomic E-state index is 5.69. The largest absolute Gasteiger partial charge is 0.329 e. The van der Waals surface area contributed by atoms with Crippen molar-refractivity contribution >= 4 is 0 Å². The van der Waals surface area contributed by atoms with Gasteiger partial charge in [-0.3, -0.25) is 4.90 Å². The Kier molecular flexibility index (Phi) is 5.07. The van der Waals surface area contributed by atoms with Crippen LogP contribution < -0.4 is 5.73 Å². The van der Waals surface area contributed by atoms with Crippen LogP contribution in [0.2, 0.25) is 0 Å². The summed E-state index contributed by atoms with van der Waals surface area (Å²) in [5, 5.41) is 0. The zero-order valence-corrected chi connectivity index (χ0v) is 10.9. The summed E-state index contributed by atoms with van der Waals surface area (Å²) in [4.78, 5) is 2.60. The van der Waals surface area contributed by atoms with Gasteiger partial charge >= 0.3 is 0 Å². The van der Waals surface area contributed by atoms with E-state index in [1.807, 2.05) is 0 Å². The van der Waals surface area contributed by atoms with Crippen molar-refractivity contribution in [3.05, 3.63) is 0 Å². The first-order valence-electron chi connectivity index (χ1n) is 6.52. The summed E-state index contributed by atoms with van der Waals surface area (Å²) in [6.45, 7) is 11.2. The van der Waals surface area contributed by atoms with Crippen molar-refractivity contribution < 1.29 is 0 Å². The number of rotatable bonds is 4. The van der Waals surface area contributed by atoms with E-state index in [2.05, 4.69) is 32.6 Å². The zero-order chi connectivity index (χ0) is 11.4. The van der Waals surface area contributed by atoms with Crippen molar-refractivity contribution in [2.24, 2.45) is 17.6 Å². The van der Waals surface area contributed by atoms with Crippen molar-refractivity contribution in [3.8, 4) is 0 Å². The first-order chi connectivity index (χ1) is 7.06. The van der Waals surface area contributed by atoms with Crippen molar-refractivity contribution in [1.82, 2.24) is 4.90 Å².